The first-order valence-electron chi connectivity index (χ1n) is 22.9. The molecule has 0 unspecified atom stereocenters. The molecule has 5 heterocycles. The van der Waals surface area contributed by atoms with Crippen molar-refractivity contribution < 1.29 is 4.74 Å². The van der Waals surface area contributed by atoms with E-state index >= 15 is 0 Å². The summed E-state index contributed by atoms with van der Waals surface area (Å²) >= 11 is 0. The molecule has 63 heavy (non-hydrogen) atoms. The van der Waals surface area contributed by atoms with Gasteiger partial charge in [-0.3, -0.25) is 0 Å². The Bertz CT molecular complexity index is 2270. The molecular formula is C55H81N7O. The number of hydrogen-bond acceptors (Lipinski definition) is 7. The van der Waals surface area contributed by atoms with Gasteiger partial charge in [0.2, 0.25) is 5.88 Å². The monoisotopic (exact) mass is 856 g/mol. The number of fused-ring (bicyclic) bond motifs is 3. The molecule has 0 amide bonds. The molecule has 2 aliphatic heterocycles. The number of nitrogens with one attached hydrogen (secondary N) is 3. The van der Waals surface area contributed by atoms with Gasteiger partial charge in [-0.15, -0.1) is 0 Å². The maximum absolute atomic E-state index is 5.76. The van der Waals surface area contributed by atoms with Crippen molar-refractivity contribution in [3.63, 3.8) is 0 Å². The highest BCUT2D eigenvalue weighted by Crippen LogP contribution is 2.34. The zero-order valence-electron chi connectivity index (χ0n) is 40.7. The van der Waals surface area contributed by atoms with Crippen molar-refractivity contribution in [3.8, 4) is 5.88 Å². The molecule has 0 saturated heterocycles. The maximum atomic E-state index is 5.76. The molecular weight excluding hydrogens is 775 g/mol. The predicted octanol–water partition coefficient (Wildman–Crippen LogP) is 14.6. The number of aryl methyl sites for hydroxylation is 3. The van der Waals surface area contributed by atoms with Crippen LogP contribution >= 0.6 is 0 Å². The lowest BCUT2D eigenvalue weighted by Gasteiger charge is -2.23. The van der Waals surface area contributed by atoms with Gasteiger partial charge in [0, 0.05) is 36.9 Å². The van der Waals surface area contributed by atoms with E-state index in [-0.39, 0.29) is 7.43 Å². The number of benzene rings is 3. The fourth-order valence-electron chi connectivity index (χ4n) is 8.32. The van der Waals surface area contributed by atoms with Gasteiger partial charge in [0.1, 0.15) is 12.3 Å². The smallest absolute Gasteiger partial charge is 0.237 e. The number of aromatic amines is 1. The van der Waals surface area contributed by atoms with Gasteiger partial charge in [-0.2, -0.15) is 0 Å². The third kappa shape index (κ3) is 13.8. The van der Waals surface area contributed by atoms with Gasteiger partial charge in [0.25, 0.3) is 0 Å². The first-order valence-corrected chi connectivity index (χ1v) is 22.9. The molecule has 6 aromatic rings. The Kier molecular flexibility index (Phi) is 20.2. The average Bonchev–Trinajstić information content (AvgIpc) is 3.73. The molecule has 2 aliphatic rings. The lowest BCUT2D eigenvalue weighted by Crippen LogP contribution is -2.20. The van der Waals surface area contributed by atoms with Crippen LogP contribution < -0.4 is 21.1 Å². The first-order chi connectivity index (χ1) is 29.4. The van der Waals surface area contributed by atoms with Crippen LogP contribution in [0.25, 0.3) is 11.2 Å². The number of hydrogen-bond donors (Lipinski definition) is 4. The van der Waals surface area contributed by atoms with Gasteiger partial charge >= 0.3 is 0 Å². The average molecular weight is 856 g/mol. The number of pyridine rings is 2. The Morgan fingerprint density at radius 1 is 0.556 bits per heavy atom. The first kappa shape index (κ1) is 52.0. The van der Waals surface area contributed by atoms with Gasteiger partial charge in [-0.1, -0.05) is 125 Å². The second kappa shape index (κ2) is 24.5. The van der Waals surface area contributed by atoms with Gasteiger partial charge in [-0.25, -0.2) is 15.0 Å². The summed E-state index contributed by atoms with van der Waals surface area (Å²) in [4.78, 5) is 15.8. The van der Waals surface area contributed by atoms with E-state index < -0.39 is 0 Å². The van der Waals surface area contributed by atoms with Gasteiger partial charge in [0.05, 0.1) is 11.8 Å². The van der Waals surface area contributed by atoms with E-state index in [1.54, 1.807) is 6.33 Å². The lowest BCUT2D eigenvalue weighted by atomic mass is 9.91. The number of nitrogens with two attached hydrogens (primary N) is 1. The van der Waals surface area contributed by atoms with Crippen molar-refractivity contribution in [2.75, 3.05) is 36.1 Å². The molecule has 0 aliphatic carbocycles. The van der Waals surface area contributed by atoms with E-state index in [9.17, 15) is 0 Å². The van der Waals surface area contributed by atoms with Crippen LogP contribution in [0.2, 0.25) is 0 Å². The Hall–Kier alpha value is -5.37. The quantitative estimate of drug-likeness (QED) is 0.128. The third-order valence-electron chi connectivity index (χ3n) is 12.0. The molecule has 0 fully saturated rings. The van der Waals surface area contributed by atoms with Crippen LogP contribution in [0.5, 0.6) is 5.88 Å². The zero-order valence-corrected chi connectivity index (χ0v) is 40.7. The van der Waals surface area contributed by atoms with Crippen molar-refractivity contribution in [2.24, 2.45) is 0 Å². The number of rotatable bonds is 5. The Balaban J connectivity index is 0.000000210. The number of ether oxygens (including phenoxy) is 1. The Morgan fingerprint density at radius 2 is 1.11 bits per heavy atom. The summed E-state index contributed by atoms with van der Waals surface area (Å²) in [5.74, 6) is 3.62. The normalized spacial score (nSPS) is 12.4. The van der Waals surface area contributed by atoms with Crippen LogP contribution in [-0.2, 0) is 6.42 Å². The van der Waals surface area contributed by atoms with Crippen LogP contribution in [0, 0.1) is 34.6 Å². The van der Waals surface area contributed by atoms with E-state index in [0.717, 1.165) is 41.5 Å². The molecule has 8 heteroatoms. The van der Waals surface area contributed by atoms with E-state index in [4.69, 9.17) is 10.5 Å². The van der Waals surface area contributed by atoms with Crippen LogP contribution in [0.4, 0.5) is 17.1 Å². The highest BCUT2D eigenvalue weighted by Gasteiger charge is 2.18. The Morgan fingerprint density at radius 3 is 1.71 bits per heavy atom. The molecule has 3 aromatic carbocycles. The van der Waals surface area contributed by atoms with Crippen LogP contribution in [0.15, 0.2) is 73.3 Å². The molecule has 0 bridgehead atoms. The molecule has 8 nitrogen and oxygen atoms in total. The number of aromatic nitrogens is 4. The molecule has 0 saturated carbocycles. The highest BCUT2D eigenvalue weighted by atomic mass is 16.5. The summed E-state index contributed by atoms with van der Waals surface area (Å²) in [6, 6.07) is 19.2. The van der Waals surface area contributed by atoms with Gasteiger partial charge in [0.15, 0.2) is 5.65 Å². The van der Waals surface area contributed by atoms with E-state index in [1.165, 1.54) is 79.7 Å². The predicted molar refractivity (Wildman–Crippen MR) is 274 cm³/mol. The molecule has 3 aromatic heterocycles. The van der Waals surface area contributed by atoms with Gasteiger partial charge < -0.3 is 26.1 Å². The fourth-order valence-corrected chi connectivity index (χ4v) is 8.32. The van der Waals surface area contributed by atoms with Crippen LogP contribution in [0.3, 0.4) is 0 Å². The molecule has 0 radical (unpaired) electrons. The van der Waals surface area contributed by atoms with E-state index in [2.05, 4.69) is 177 Å². The fraction of sp³-hybridized carbons (Fsp3) is 0.473. The van der Waals surface area contributed by atoms with E-state index in [1.807, 2.05) is 24.5 Å². The number of imidazole rings is 1. The SMILES string of the molecule is C.Cc1c(C(C)C)ccc2c1NCCC2.Cc1c(C(C)C)cnc2c1NCCO2.Cc1c(C(C)C)cnc2nc[nH]c12.Cc1c(N)cccc1C(C)C.Cc1ccccc1C(C)C. The summed E-state index contributed by atoms with van der Waals surface area (Å²) in [6.07, 6.45) is 8.04. The minimum Gasteiger partial charge on any atom is -0.474 e. The third-order valence-corrected chi connectivity index (χ3v) is 12.0. The summed E-state index contributed by atoms with van der Waals surface area (Å²) in [5.41, 5.74) is 26.0. The van der Waals surface area contributed by atoms with Gasteiger partial charge in [-0.05, 0) is 144 Å². The summed E-state index contributed by atoms with van der Waals surface area (Å²) in [6.45, 7) is 35.5. The minimum atomic E-state index is 0. The second-order valence-corrected chi connectivity index (χ2v) is 18.3. The summed E-state index contributed by atoms with van der Waals surface area (Å²) < 4.78 is 5.47. The summed E-state index contributed by atoms with van der Waals surface area (Å²) in [5, 5.41) is 6.86. The van der Waals surface area contributed by atoms with Crippen molar-refractivity contribution in [3.05, 3.63) is 135 Å². The van der Waals surface area contributed by atoms with Crippen molar-refractivity contribution in [1.82, 2.24) is 19.9 Å². The minimum absolute atomic E-state index is 0. The van der Waals surface area contributed by atoms with Crippen LogP contribution in [0.1, 0.15) is 174 Å². The number of nitrogens with zero attached hydrogens (tertiary/aromatic N) is 3. The molecule has 0 atom stereocenters. The summed E-state index contributed by atoms with van der Waals surface area (Å²) in [7, 11) is 0. The maximum Gasteiger partial charge on any atom is 0.237 e. The molecule has 8 rings (SSSR count). The van der Waals surface area contributed by atoms with Crippen LogP contribution in [-0.4, -0.2) is 39.6 Å². The molecule has 0 spiro atoms. The topological polar surface area (TPSA) is 114 Å². The van der Waals surface area contributed by atoms with E-state index in [0.29, 0.717) is 36.2 Å². The van der Waals surface area contributed by atoms with Crippen molar-refractivity contribution in [2.45, 2.75) is 154 Å². The number of anilines is 3. The largest absolute Gasteiger partial charge is 0.474 e. The molecule has 342 valence electrons. The van der Waals surface area contributed by atoms with Crippen molar-refractivity contribution >= 4 is 28.2 Å². The molecule has 5 N–H and O–H groups in total. The highest BCUT2D eigenvalue weighted by molar-refractivity contribution is 5.75. The standard InChI is InChI=1S/C13H19N.C11H16N2O.C10H13N3.C10H15N.C10H14.CH4/c1-9(2)12-7-6-11-5-4-8-14-13(11)10(12)3;1-7(2)9-6-13-11-10(8(9)3)12-4-5-14-11;1-6(2)8-4-11-10-9(7(8)3)12-5-13-10;1-7(2)9-5-4-6-10(11)8(9)3;1-8(2)10-7-5-4-6-9(10)3;/h6-7,9,14H,4-5,8H2,1-3H3;6-7,12H,4-5H2,1-3H3;4-6H,1-3H3,(H,11,12,13);4-7H,11H2,1-3H3;4-8H,1-3H3;1H4. The second-order valence-electron chi connectivity index (χ2n) is 18.3. The zero-order chi connectivity index (χ0) is 45.7. The Labute approximate surface area is 381 Å². The number of nitrogen functional groups attached to an aromatic ring is 1. The van der Waals surface area contributed by atoms with Crippen molar-refractivity contribution in [1.29, 1.82) is 0 Å². The number of H-pyrrole nitrogens is 1. The lowest BCUT2D eigenvalue weighted by molar-refractivity contribution is 0.310.